The number of nitrogens with zero attached hydrogens (tertiary/aromatic N) is 7. The normalized spacial score (nSPS) is 20.8. The molecule has 0 N–H and O–H groups in total. The number of piperazine rings is 1. The zero-order chi connectivity index (χ0) is 34.0. The number of benzene rings is 3. The molecule has 3 aromatic carbocycles. The topological polar surface area (TPSA) is 78.6 Å². The van der Waals surface area contributed by atoms with Gasteiger partial charge < -0.3 is 29.0 Å². The maximum Gasteiger partial charge on any atom is 0.410 e. The van der Waals surface area contributed by atoms with Crippen LogP contribution in [0.5, 0.6) is 6.01 Å². The average molecular weight is 672 g/mol. The van der Waals surface area contributed by atoms with Crippen LogP contribution in [-0.4, -0.2) is 90.9 Å². The van der Waals surface area contributed by atoms with E-state index in [4.69, 9.17) is 26.0 Å². The van der Waals surface area contributed by atoms with Gasteiger partial charge in [-0.1, -0.05) is 60.7 Å². The number of amides is 1. The Hall–Kier alpha value is -4.88. The van der Waals surface area contributed by atoms with E-state index in [0.29, 0.717) is 50.8 Å². The minimum Gasteiger partial charge on any atom is -0.462 e. The van der Waals surface area contributed by atoms with Gasteiger partial charge in [0.05, 0.1) is 12.2 Å². The summed E-state index contributed by atoms with van der Waals surface area (Å²) < 4.78 is 12.1. The Morgan fingerprint density at radius 3 is 2.54 bits per heavy atom. The number of fused-ring (bicyclic) bond motifs is 2. The SMILES string of the molecule is [C-]#[N+]C[C@H]1CN(c2nc(OC[C@@H]3CCCN3C)nc3c2CCN(c2cccc4cccc(C5CC5)c24)C3)CCN1C(=O)OCc1ccccc1. The summed E-state index contributed by atoms with van der Waals surface area (Å²) in [6, 6.07) is 23.5. The first-order chi connectivity index (χ1) is 24.6. The van der Waals surface area contributed by atoms with Crippen molar-refractivity contribution in [2.45, 2.75) is 63.3 Å². The largest absolute Gasteiger partial charge is 0.462 e. The zero-order valence-corrected chi connectivity index (χ0v) is 28.8. The predicted octanol–water partition coefficient (Wildman–Crippen LogP) is 6.29. The van der Waals surface area contributed by atoms with Gasteiger partial charge in [-0.05, 0) is 74.2 Å². The highest BCUT2D eigenvalue weighted by Crippen LogP contribution is 2.46. The average Bonchev–Trinajstić information content (AvgIpc) is 3.92. The second kappa shape index (κ2) is 14.2. The number of hydrogen-bond acceptors (Lipinski definition) is 8. The lowest BCUT2D eigenvalue weighted by Crippen LogP contribution is -2.57. The van der Waals surface area contributed by atoms with Crippen LogP contribution in [0.1, 0.15) is 54.0 Å². The molecule has 4 aliphatic rings. The summed E-state index contributed by atoms with van der Waals surface area (Å²) in [5, 5.41) is 2.66. The third-order valence-electron chi connectivity index (χ3n) is 10.9. The van der Waals surface area contributed by atoms with Gasteiger partial charge in [-0.2, -0.15) is 9.97 Å². The van der Waals surface area contributed by atoms with Crippen LogP contribution in [0.15, 0.2) is 66.7 Å². The van der Waals surface area contributed by atoms with Crippen LogP contribution in [0.3, 0.4) is 0 Å². The van der Waals surface area contributed by atoms with Crippen molar-refractivity contribution >= 4 is 28.4 Å². The van der Waals surface area contributed by atoms with E-state index in [0.717, 1.165) is 48.6 Å². The first kappa shape index (κ1) is 32.3. The number of hydrogen-bond donors (Lipinski definition) is 0. The second-order valence-electron chi connectivity index (χ2n) is 14.2. The van der Waals surface area contributed by atoms with Crippen LogP contribution in [0, 0.1) is 6.57 Å². The van der Waals surface area contributed by atoms with E-state index in [1.807, 2.05) is 30.3 Å². The molecule has 2 atom stereocenters. The Labute approximate surface area is 294 Å². The Bertz CT molecular complexity index is 1890. The Kier molecular flexibility index (Phi) is 9.15. The first-order valence-electron chi connectivity index (χ1n) is 18.1. The molecule has 0 radical (unpaired) electrons. The van der Waals surface area contributed by atoms with E-state index < -0.39 is 0 Å². The quantitative estimate of drug-likeness (QED) is 0.192. The van der Waals surface area contributed by atoms with Crippen molar-refractivity contribution in [3.05, 3.63) is 101 Å². The molecule has 1 aromatic heterocycles. The minimum atomic E-state index is -0.382. The summed E-state index contributed by atoms with van der Waals surface area (Å²) in [7, 11) is 2.15. The molecule has 10 nitrogen and oxygen atoms in total. The first-order valence-corrected chi connectivity index (χ1v) is 18.1. The summed E-state index contributed by atoms with van der Waals surface area (Å²) in [4.78, 5) is 35.9. The van der Waals surface area contributed by atoms with E-state index in [2.05, 4.69) is 63.0 Å². The molecule has 3 aliphatic heterocycles. The summed E-state index contributed by atoms with van der Waals surface area (Å²) in [5.74, 6) is 1.52. The molecule has 1 saturated carbocycles. The minimum absolute atomic E-state index is 0.194. The molecule has 8 rings (SSSR count). The standard InChI is InChI=1S/C40H45N7O3/c1-41-23-32-24-46(21-22-47(32)40(48)50-26-28-9-4-3-5-10-28)38-34-18-20-45(25-35(34)42-39(43-38)49-27-31-13-8-19-44(31)2)36-15-7-12-30-11-6-14-33(37(30)36)29-16-17-29/h3-7,9-12,14-15,29,31-32H,8,13,16-27H2,2H3/t31-,32-/m0/s1. The Morgan fingerprint density at radius 2 is 1.76 bits per heavy atom. The number of ether oxygens (including phenoxy) is 2. The lowest BCUT2D eigenvalue weighted by atomic mass is 9.97. The second-order valence-corrected chi connectivity index (χ2v) is 14.2. The van der Waals surface area contributed by atoms with Gasteiger partial charge in [0.1, 0.15) is 25.1 Å². The highest BCUT2D eigenvalue weighted by molar-refractivity contribution is 5.97. The highest BCUT2D eigenvalue weighted by Gasteiger charge is 2.37. The molecule has 50 heavy (non-hydrogen) atoms. The van der Waals surface area contributed by atoms with Gasteiger partial charge in [-0.15, -0.1) is 0 Å². The maximum absolute atomic E-state index is 13.3. The molecule has 0 bridgehead atoms. The van der Waals surface area contributed by atoms with Crippen LogP contribution >= 0.6 is 0 Å². The molecule has 10 heteroatoms. The number of rotatable bonds is 9. The molecule has 1 aliphatic carbocycles. The van der Waals surface area contributed by atoms with Gasteiger partial charge in [0.25, 0.3) is 0 Å². The fourth-order valence-electron chi connectivity index (χ4n) is 7.98. The molecule has 4 aromatic rings. The molecular formula is C40H45N7O3. The third kappa shape index (κ3) is 6.67. The number of anilines is 2. The van der Waals surface area contributed by atoms with Gasteiger partial charge >= 0.3 is 12.1 Å². The number of likely N-dealkylation sites (N-methyl/N-ethyl adjacent to an activating group) is 1. The number of carbonyl (C=O) groups is 1. The maximum atomic E-state index is 13.3. The molecule has 0 spiro atoms. The third-order valence-corrected chi connectivity index (χ3v) is 10.9. The lowest BCUT2D eigenvalue weighted by molar-refractivity contribution is 0.0788. The number of carbonyl (C=O) groups excluding carboxylic acids is 1. The smallest absolute Gasteiger partial charge is 0.410 e. The molecule has 3 fully saturated rings. The summed E-state index contributed by atoms with van der Waals surface area (Å²) in [6.07, 6.45) is 5.21. The predicted molar refractivity (Wildman–Crippen MR) is 195 cm³/mol. The summed E-state index contributed by atoms with van der Waals surface area (Å²) >= 11 is 0. The summed E-state index contributed by atoms with van der Waals surface area (Å²) in [5.41, 5.74) is 5.79. The van der Waals surface area contributed by atoms with Crippen molar-refractivity contribution in [1.82, 2.24) is 19.8 Å². The molecule has 4 heterocycles. The van der Waals surface area contributed by atoms with E-state index in [9.17, 15) is 4.79 Å². The number of aromatic nitrogens is 2. The van der Waals surface area contributed by atoms with Crippen LogP contribution < -0.4 is 14.5 Å². The Morgan fingerprint density at radius 1 is 0.920 bits per heavy atom. The zero-order valence-electron chi connectivity index (χ0n) is 28.8. The van der Waals surface area contributed by atoms with Crippen LogP contribution in [0.4, 0.5) is 16.3 Å². The molecule has 1 amide bonds. The van der Waals surface area contributed by atoms with Crippen molar-refractivity contribution in [3.8, 4) is 6.01 Å². The van der Waals surface area contributed by atoms with Gasteiger partial charge in [-0.25, -0.2) is 11.4 Å². The van der Waals surface area contributed by atoms with Gasteiger partial charge in [0, 0.05) is 48.9 Å². The van der Waals surface area contributed by atoms with Crippen molar-refractivity contribution < 1.29 is 14.3 Å². The molecule has 2 saturated heterocycles. The van der Waals surface area contributed by atoms with E-state index in [1.165, 1.54) is 41.3 Å². The summed E-state index contributed by atoms with van der Waals surface area (Å²) in [6.45, 7) is 12.8. The number of likely N-dealkylation sites (tertiary alicyclic amines) is 1. The Balaban J connectivity index is 1.07. The molecule has 258 valence electrons. The van der Waals surface area contributed by atoms with Gasteiger partial charge in [-0.3, -0.25) is 4.90 Å². The van der Waals surface area contributed by atoms with E-state index >= 15 is 0 Å². The molecule has 0 unspecified atom stereocenters. The van der Waals surface area contributed by atoms with Crippen molar-refractivity contribution in [1.29, 1.82) is 0 Å². The van der Waals surface area contributed by atoms with E-state index in [-0.39, 0.29) is 25.3 Å². The van der Waals surface area contributed by atoms with Crippen molar-refractivity contribution in [2.24, 2.45) is 0 Å². The van der Waals surface area contributed by atoms with Crippen LogP contribution in [0.25, 0.3) is 15.6 Å². The van der Waals surface area contributed by atoms with Gasteiger partial charge in [0.15, 0.2) is 0 Å². The molecular weight excluding hydrogens is 626 g/mol. The fraction of sp³-hybridized carbons (Fsp3) is 0.450. The van der Waals surface area contributed by atoms with Crippen LogP contribution in [-0.2, 0) is 24.3 Å². The van der Waals surface area contributed by atoms with Crippen molar-refractivity contribution in [2.75, 3.05) is 62.7 Å². The van der Waals surface area contributed by atoms with Crippen molar-refractivity contribution in [3.63, 3.8) is 0 Å². The van der Waals surface area contributed by atoms with Crippen LogP contribution in [0.2, 0.25) is 0 Å². The highest BCUT2D eigenvalue weighted by atomic mass is 16.6. The monoisotopic (exact) mass is 671 g/mol. The van der Waals surface area contributed by atoms with Gasteiger partial charge in [0.2, 0.25) is 6.54 Å². The van der Waals surface area contributed by atoms with E-state index in [1.54, 1.807) is 4.90 Å². The lowest BCUT2D eigenvalue weighted by Gasteiger charge is -2.41. The fourth-order valence-corrected chi connectivity index (χ4v) is 7.98.